The summed E-state index contributed by atoms with van der Waals surface area (Å²) in [4.78, 5) is 12.2. The predicted molar refractivity (Wildman–Crippen MR) is 78.7 cm³/mol. The molecule has 1 aliphatic heterocycles. The lowest BCUT2D eigenvalue weighted by molar-refractivity contribution is -0.297. The van der Waals surface area contributed by atoms with Gasteiger partial charge in [-0.2, -0.15) is 23.3 Å². The van der Waals surface area contributed by atoms with Crippen LogP contribution >= 0.6 is 22.6 Å². The van der Waals surface area contributed by atoms with Crippen LogP contribution in [0.1, 0.15) is 30.1 Å². The molecule has 0 radical (unpaired) electrons. The van der Waals surface area contributed by atoms with Crippen molar-refractivity contribution < 1.29 is 23.1 Å². The zero-order valence-electron chi connectivity index (χ0n) is 11.0. The van der Waals surface area contributed by atoms with Gasteiger partial charge in [-0.05, 0) is 53.3 Å². The first-order valence-electron chi connectivity index (χ1n) is 6.14. The van der Waals surface area contributed by atoms with Crippen molar-refractivity contribution in [3.8, 4) is 0 Å². The number of aliphatic hydroxyl groups is 1. The Morgan fingerprint density at radius 2 is 2.00 bits per heavy atom. The van der Waals surface area contributed by atoms with Gasteiger partial charge in [0.2, 0.25) is 0 Å². The van der Waals surface area contributed by atoms with Gasteiger partial charge in [-0.25, -0.2) is 0 Å². The summed E-state index contributed by atoms with van der Waals surface area (Å²) >= 11 is 2.02. The Balaban J connectivity index is 2.40. The van der Waals surface area contributed by atoms with Crippen molar-refractivity contribution in [3.05, 3.63) is 33.4 Å². The van der Waals surface area contributed by atoms with Crippen LogP contribution in [0.4, 0.5) is 13.2 Å². The Hall–Kier alpha value is -1.16. The zero-order chi connectivity index (χ0) is 15.8. The maximum Gasteiger partial charge on any atom is 0.438 e. The quantitative estimate of drug-likeness (QED) is 0.760. The van der Waals surface area contributed by atoms with E-state index in [1.54, 1.807) is 19.1 Å². The molecule has 0 saturated carbocycles. The summed E-state index contributed by atoms with van der Waals surface area (Å²) in [7, 11) is 0. The molecule has 0 saturated heterocycles. The standard InChI is InChI=1S/C13H12F3IN2O2/c1-2-10-7-12(21,13(14,15)16)19(18-10)11(20)8-3-5-9(17)6-4-8/h3-6,21H,2,7H2,1H3/t12-/m1/s1. The first-order valence-corrected chi connectivity index (χ1v) is 7.22. The van der Waals surface area contributed by atoms with Crippen LogP contribution in [0.15, 0.2) is 29.4 Å². The molecule has 1 aliphatic rings. The van der Waals surface area contributed by atoms with Crippen LogP contribution in [0.5, 0.6) is 0 Å². The summed E-state index contributed by atoms with van der Waals surface area (Å²) in [6.07, 6.45) is -5.47. The summed E-state index contributed by atoms with van der Waals surface area (Å²) < 4.78 is 40.2. The minimum absolute atomic E-state index is 0.0409. The maximum absolute atomic E-state index is 13.1. The van der Waals surface area contributed by atoms with Crippen LogP contribution in [-0.2, 0) is 0 Å². The highest BCUT2D eigenvalue weighted by Gasteiger charge is 2.63. The smallest absolute Gasteiger partial charge is 0.362 e. The fraction of sp³-hybridized carbons (Fsp3) is 0.385. The van der Waals surface area contributed by atoms with Crippen molar-refractivity contribution in [1.29, 1.82) is 0 Å². The molecule has 1 amide bonds. The van der Waals surface area contributed by atoms with Gasteiger partial charge < -0.3 is 5.11 Å². The Kier molecular flexibility index (Phi) is 4.29. The van der Waals surface area contributed by atoms with Crippen LogP contribution in [0.3, 0.4) is 0 Å². The molecule has 0 aliphatic carbocycles. The van der Waals surface area contributed by atoms with Crippen molar-refractivity contribution in [1.82, 2.24) is 5.01 Å². The fourth-order valence-corrected chi connectivity index (χ4v) is 2.32. The third kappa shape index (κ3) is 2.91. The molecule has 0 unspecified atom stereocenters. The van der Waals surface area contributed by atoms with Crippen molar-refractivity contribution in [2.45, 2.75) is 31.7 Å². The minimum atomic E-state index is -4.98. The highest BCUT2D eigenvalue weighted by molar-refractivity contribution is 14.1. The first kappa shape index (κ1) is 16.2. The molecular formula is C13H12F3IN2O2. The highest BCUT2D eigenvalue weighted by atomic mass is 127. The molecule has 114 valence electrons. The van der Waals surface area contributed by atoms with Crippen LogP contribution in [0.2, 0.25) is 0 Å². The molecule has 1 atom stereocenters. The molecule has 1 aromatic rings. The number of carbonyl (C=O) groups is 1. The molecule has 2 rings (SSSR count). The lowest BCUT2D eigenvalue weighted by atomic mass is 10.0. The van der Waals surface area contributed by atoms with Gasteiger partial charge in [-0.1, -0.05) is 6.92 Å². The SMILES string of the molecule is CCC1=NN(C(=O)c2ccc(I)cc2)[C@](O)(C(F)(F)F)C1. The number of hydrazone groups is 1. The van der Waals surface area contributed by atoms with Gasteiger partial charge in [-0.3, -0.25) is 4.79 Å². The molecule has 0 aromatic heterocycles. The summed E-state index contributed by atoms with van der Waals surface area (Å²) in [5, 5.41) is 13.7. The van der Waals surface area contributed by atoms with Crippen LogP contribution in [0, 0.1) is 3.57 Å². The summed E-state index contributed by atoms with van der Waals surface area (Å²) in [6, 6.07) is 6.00. The zero-order valence-corrected chi connectivity index (χ0v) is 13.1. The molecule has 1 heterocycles. The second kappa shape index (κ2) is 5.56. The molecule has 21 heavy (non-hydrogen) atoms. The molecule has 8 heteroatoms. The predicted octanol–water partition coefficient (Wildman–Crippen LogP) is 3.15. The van der Waals surface area contributed by atoms with Gasteiger partial charge in [0.05, 0.1) is 0 Å². The van der Waals surface area contributed by atoms with Crippen molar-refractivity contribution >= 4 is 34.2 Å². The Labute approximate surface area is 132 Å². The third-order valence-electron chi connectivity index (χ3n) is 3.19. The molecule has 0 bridgehead atoms. The van der Waals surface area contributed by atoms with E-state index in [1.165, 1.54) is 12.1 Å². The van der Waals surface area contributed by atoms with Crippen LogP contribution < -0.4 is 0 Å². The summed E-state index contributed by atoms with van der Waals surface area (Å²) in [6.45, 7) is 1.62. The van der Waals surface area contributed by atoms with E-state index in [-0.39, 0.29) is 22.7 Å². The van der Waals surface area contributed by atoms with Crippen molar-refractivity contribution in [2.75, 3.05) is 0 Å². The van der Waals surface area contributed by atoms with Crippen LogP contribution in [0.25, 0.3) is 0 Å². The Morgan fingerprint density at radius 3 is 2.48 bits per heavy atom. The number of nitrogens with zero attached hydrogens (tertiary/aromatic N) is 2. The summed E-state index contributed by atoms with van der Waals surface area (Å²) in [5.74, 6) is -0.977. The number of hydrogen-bond donors (Lipinski definition) is 1. The van der Waals surface area contributed by atoms with E-state index in [0.717, 1.165) is 3.57 Å². The molecule has 0 spiro atoms. The number of alkyl halides is 3. The summed E-state index contributed by atoms with van der Waals surface area (Å²) in [5.41, 5.74) is -3.11. The number of rotatable bonds is 2. The van der Waals surface area contributed by atoms with E-state index < -0.39 is 24.2 Å². The van der Waals surface area contributed by atoms with E-state index in [0.29, 0.717) is 0 Å². The fourth-order valence-electron chi connectivity index (χ4n) is 1.96. The molecule has 1 aromatic carbocycles. The molecule has 1 N–H and O–H groups in total. The van der Waals surface area contributed by atoms with Gasteiger partial charge in [-0.15, -0.1) is 0 Å². The second-order valence-corrected chi connectivity index (χ2v) is 5.88. The lowest BCUT2D eigenvalue weighted by Crippen LogP contribution is -2.56. The normalized spacial score (nSPS) is 22.4. The number of hydrogen-bond acceptors (Lipinski definition) is 3. The topological polar surface area (TPSA) is 52.9 Å². The van der Waals surface area contributed by atoms with E-state index in [2.05, 4.69) is 5.10 Å². The number of carbonyl (C=O) groups excluding carboxylic acids is 1. The number of halogens is 4. The van der Waals surface area contributed by atoms with Gasteiger partial charge in [0.1, 0.15) is 0 Å². The lowest BCUT2D eigenvalue weighted by Gasteiger charge is -2.32. The average molecular weight is 412 g/mol. The van der Waals surface area contributed by atoms with Gasteiger partial charge >= 0.3 is 6.18 Å². The van der Waals surface area contributed by atoms with Crippen molar-refractivity contribution in [3.63, 3.8) is 0 Å². The van der Waals surface area contributed by atoms with E-state index in [9.17, 15) is 23.1 Å². The Bertz CT molecular complexity index is 586. The van der Waals surface area contributed by atoms with Crippen LogP contribution in [-0.4, -0.2) is 33.6 Å². The van der Waals surface area contributed by atoms with Crippen molar-refractivity contribution in [2.24, 2.45) is 5.10 Å². The van der Waals surface area contributed by atoms with E-state index in [1.807, 2.05) is 22.6 Å². The second-order valence-electron chi connectivity index (χ2n) is 4.63. The largest absolute Gasteiger partial charge is 0.438 e. The number of amides is 1. The molecule has 0 fully saturated rings. The highest BCUT2D eigenvalue weighted by Crippen LogP contribution is 2.41. The average Bonchev–Trinajstić information content (AvgIpc) is 2.77. The monoisotopic (exact) mass is 412 g/mol. The molecule has 4 nitrogen and oxygen atoms in total. The first-order chi connectivity index (χ1) is 9.69. The van der Waals surface area contributed by atoms with Gasteiger partial charge in [0, 0.05) is 21.3 Å². The number of benzene rings is 1. The Morgan fingerprint density at radius 1 is 1.43 bits per heavy atom. The van der Waals surface area contributed by atoms with Gasteiger partial charge in [0.25, 0.3) is 11.6 Å². The maximum atomic E-state index is 13.1. The minimum Gasteiger partial charge on any atom is -0.362 e. The van der Waals surface area contributed by atoms with E-state index in [4.69, 9.17) is 0 Å². The van der Waals surface area contributed by atoms with E-state index >= 15 is 0 Å². The third-order valence-corrected chi connectivity index (χ3v) is 3.91. The molecular weight excluding hydrogens is 400 g/mol. The van der Waals surface area contributed by atoms with Gasteiger partial charge in [0.15, 0.2) is 0 Å².